The van der Waals surface area contributed by atoms with Gasteiger partial charge in [0.05, 0.1) is 17.9 Å². The van der Waals surface area contributed by atoms with E-state index >= 15 is 0 Å². The number of nitrogens with one attached hydrogen (secondary N) is 1. The molecule has 1 aliphatic rings. The third-order valence-electron chi connectivity index (χ3n) is 4.16. The minimum atomic E-state index is -0.0899. The second-order valence-corrected chi connectivity index (χ2v) is 6.07. The number of hydrogen-bond donors (Lipinski definition) is 1. The van der Waals surface area contributed by atoms with Crippen LogP contribution < -0.4 is 10.9 Å². The number of aromatic nitrogens is 4. The summed E-state index contributed by atoms with van der Waals surface area (Å²) >= 11 is 0. The van der Waals surface area contributed by atoms with E-state index in [0.29, 0.717) is 18.9 Å². The topological polar surface area (TPSA) is 85.1 Å². The zero-order chi connectivity index (χ0) is 17.3. The Morgan fingerprint density at radius 1 is 1.33 bits per heavy atom. The predicted molar refractivity (Wildman–Crippen MR) is 89.7 cm³/mol. The molecule has 3 rings (SSSR count). The number of nitrogens with zero attached hydrogens (tertiary/aromatic N) is 5. The second kappa shape index (κ2) is 6.56. The van der Waals surface area contributed by atoms with Gasteiger partial charge < -0.3 is 5.32 Å². The van der Waals surface area contributed by atoms with Crippen molar-refractivity contribution in [3.63, 3.8) is 0 Å². The molecule has 0 aliphatic carbocycles. The van der Waals surface area contributed by atoms with Crippen LogP contribution >= 0.6 is 0 Å². The van der Waals surface area contributed by atoms with Crippen molar-refractivity contribution in [2.45, 2.75) is 33.4 Å². The van der Waals surface area contributed by atoms with Crippen molar-refractivity contribution in [1.82, 2.24) is 24.5 Å². The highest BCUT2D eigenvalue weighted by Crippen LogP contribution is 2.15. The molecule has 1 aliphatic heterocycles. The number of carbonyl (C=O) groups is 1. The molecule has 0 unspecified atom stereocenters. The number of anilines is 1. The van der Waals surface area contributed by atoms with E-state index in [4.69, 9.17) is 0 Å². The molecule has 2 aromatic heterocycles. The minimum Gasteiger partial charge on any atom is -0.310 e. The largest absolute Gasteiger partial charge is 0.310 e. The first-order chi connectivity index (χ1) is 11.5. The number of rotatable bonds is 4. The minimum absolute atomic E-state index is 0.0868. The van der Waals surface area contributed by atoms with E-state index in [1.807, 2.05) is 24.8 Å². The van der Waals surface area contributed by atoms with Gasteiger partial charge in [0.15, 0.2) is 0 Å². The summed E-state index contributed by atoms with van der Waals surface area (Å²) in [5.41, 5.74) is 2.64. The van der Waals surface area contributed by atoms with Crippen LogP contribution in [0.1, 0.15) is 23.9 Å². The molecule has 128 valence electrons. The molecule has 8 heteroatoms. The van der Waals surface area contributed by atoms with E-state index in [9.17, 15) is 9.59 Å². The normalized spacial score (nSPS) is 14.5. The zero-order valence-corrected chi connectivity index (χ0v) is 14.2. The molecule has 2 aromatic rings. The van der Waals surface area contributed by atoms with Crippen molar-refractivity contribution in [2.75, 3.05) is 18.4 Å². The Bertz CT molecular complexity index is 822. The van der Waals surface area contributed by atoms with Crippen LogP contribution in [0.25, 0.3) is 0 Å². The Balaban J connectivity index is 1.65. The van der Waals surface area contributed by atoms with E-state index in [2.05, 4.69) is 15.5 Å². The Morgan fingerprint density at radius 2 is 2.12 bits per heavy atom. The van der Waals surface area contributed by atoms with Gasteiger partial charge in [-0.05, 0) is 19.4 Å². The Kier molecular flexibility index (Phi) is 4.48. The Morgan fingerprint density at radius 3 is 2.79 bits per heavy atom. The first kappa shape index (κ1) is 16.4. The van der Waals surface area contributed by atoms with E-state index in [1.165, 1.54) is 4.68 Å². The van der Waals surface area contributed by atoms with Crippen LogP contribution in [0.15, 0.2) is 16.9 Å². The monoisotopic (exact) mass is 330 g/mol. The van der Waals surface area contributed by atoms with Crippen LogP contribution in [0.3, 0.4) is 0 Å². The van der Waals surface area contributed by atoms with Crippen molar-refractivity contribution >= 4 is 11.7 Å². The molecule has 0 saturated heterocycles. The molecule has 8 nitrogen and oxygen atoms in total. The quantitative estimate of drug-likeness (QED) is 0.872. The Labute approximate surface area is 140 Å². The van der Waals surface area contributed by atoms with Crippen LogP contribution in [-0.4, -0.2) is 43.5 Å². The van der Waals surface area contributed by atoms with Gasteiger partial charge in [0.2, 0.25) is 5.91 Å². The lowest BCUT2D eigenvalue weighted by atomic mass is 10.1. The summed E-state index contributed by atoms with van der Waals surface area (Å²) in [7, 11) is 1.80. The molecule has 0 spiro atoms. The van der Waals surface area contributed by atoms with Crippen molar-refractivity contribution in [2.24, 2.45) is 7.05 Å². The lowest BCUT2D eigenvalue weighted by Gasteiger charge is -2.27. The van der Waals surface area contributed by atoms with Gasteiger partial charge in [-0.2, -0.15) is 10.2 Å². The molecule has 0 atom stereocenters. The molecule has 1 amide bonds. The molecular formula is C16H22N6O2. The van der Waals surface area contributed by atoms with Gasteiger partial charge in [-0.25, -0.2) is 4.68 Å². The third kappa shape index (κ3) is 3.38. The van der Waals surface area contributed by atoms with Gasteiger partial charge in [-0.15, -0.1) is 0 Å². The van der Waals surface area contributed by atoms with Gasteiger partial charge in [0.1, 0.15) is 5.82 Å². The number of aryl methyl sites for hydroxylation is 3. The SMILES string of the molecule is CCn1nc2c(cc1=O)CN(CC(=O)Nc1cc(C)nn1C)CC2. The fourth-order valence-corrected chi connectivity index (χ4v) is 2.97. The van der Waals surface area contributed by atoms with Crippen LogP contribution in [0.2, 0.25) is 0 Å². The maximum atomic E-state index is 12.2. The van der Waals surface area contributed by atoms with E-state index < -0.39 is 0 Å². The number of amides is 1. The first-order valence-electron chi connectivity index (χ1n) is 8.09. The van der Waals surface area contributed by atoms with Gasteiger partial charge in [-0.1, -0.05) is 0 Å². The van der Waals surface area contributed by atoms with Gasteiger partial charge >= 0.3 is 0 Å². The number of hydrogen-bond acceptors (Lipinski definition) is 5. The van der Waals surface area contributed by atoms with Crippen molar-refractivity contribution < 1.29 is 4.79 Å². The lowest BCUT2D eigenvalue weighted by Crippen LogP contribution is -2.39. The van der Waals surface area contributed by atoms with Crippen molar-refractivity contribution in [3.8, 4) is 0 Å². The Hall–Kier alpha value is -2.48. The summed E-state index contributed by atoms with van der Waals surface area (Å²) in [6.07, 6.45) is 0.744. The predicted octanol–water partition coefficient (Wildman–Crippen LogP) is 0.302. The summed E-state index contributed by atoms with van der Waals surface area (Å²) in [4.78, 5) is 26.2. The number of fused-ring (bicyclic) bond motifs is 1. The van der Waals surface area contributed by atoms with Crippen LogP contribution in [-0.2, 0) is 31.4 Å². The lowest BCUT2D eigenvalue weighted by molar-refractivity contribution is -0.117. The van der Waals surface area contributed by atoms with E-state index in [0.717, 1.165) is 29.9 Å². The molecule has 3 heterocycles. The molecule has 0 fully saturated rings. The smallest absolute Gasteiger partial charge is 0.267 e. The first-order valence-corrected chi connectivity index (χ1v) is 8.09. The molecule has 0 aromatic carbocycles. The summed E-state index contributed by atoms with van der Waals surface area (Å²) in [5.74, 6) is 0.596. The molecule has 1 N–H and O–H groups in total. The summed E-state index contributed by atoms with van der Waals surface area (Å²) in [6.45, 7) is 5.95. The second-order valence-electron chi connectivity index (χ2n) is 6.07. The van der Waals surface area contributed by atoms with Gasteiger partial charge in [-0.3, -0.25) is 19.2 Å². The summed E-state index contributed by atoms with van der Waals surface area (Å²) in [5, 5.41) is 11.5. The van der Waals surface area contributed by atoms with Crippen molar-refractivity contribution in [1.29, 1.82) is 0 Å². The fourth-order valence-electron chi connectivity index (χ4n) is 2.97. The zero-order valence-electron chi connectivity index (χ0n) is 14.2. The highest BCUT2D eigenvalue weighted by molar-refractivity contribution is 5.91. The van der Waals surface area contributed by atoms with Crippen LogP contribution in [0.4, 0.5) is 5.82 Å². The number of carbonyl (C=O) groups excluding carboxylic acids is 1. The highest BCUT2D eigenvalue weighted by atomic mass is 16.2. The van der Waals surface area contributed by atoms with Crippen LogP contribution in [0.5, 0.6) is 0 Å². The highest BCUT2D eigenvalue weighted by Gasteiger charge is 2.21. The standard InChI is InChI=1S/C16H22N6O2/c1-4-22-16(24)8-12-9-21(6-5-13(12)19-22)10-15(23)17-14-7-11(2)18-20(14)3/h7-8H,4-6,9-10H2,1-3H3,(H,17,23). The molecule has 0 radical (unpaired) electrons. The fraction of sp³-hybridized carbons (Fsp3) is 0.500. The maximum Gasteiger partial charge on any atom is 0.267 e. The average Bonchev–Trinajstić information content (AvgIpc) is 2.84. The molecular weight excluding hydrogens is 308 g/mol. The summed E-state index contributed by atoms with van der Waals surface area (Å²) < 4.78 is 3.13. The molecule has 0 saturated carbocycles. The average molecular weight is 330 g/mol. The van der Waals surface area contributed by atoms with Crippen molar-refractivity contribution in [3.05, 3.63) is 39.4 Å². The van der Waals surface area contributed by atoms with Gasteiger partial charge in [0.25, 0.3) is 5.56 Å². The van der Waals surface area contributed by atoms with Crippen LogP contribution in [0, 0.1) is 6.92 Å². The van der Waals surface area contributed by atoms with Gasteiger partial charge in [0, 0.05) is 45.2 Å². The van der Waals surface area contributed by atoms with E-state index in [1.54, 1.807) is 17.8 Å². The summed E-state index contributed by atoms with van der Waals surface area (Å²) in [6, 6.07) is 3.47. The maximum absolute atomic E-state index is 12.2. The molecule has 24 heavy (non-hydrogen) atoms. The molecule has 0 bridgehead atoms. The third-order valence-corrected chi connectivity index (χ3v) is 4.16. The van der Waals surface area contributed by atoms with E-state index in [-0.39, 0.29) is 18.0 Å².